The highest BCUT2D eigenvalue weighted by atomic mass is 32.1. The van der Waals surface area contributed by atoms with Gasteiger partial charge in [-0.25, -0.2) is 0 Å². The SMILES string of the molecule is Cc1ccsc1C1CCN(C(=O)COc2cccnc2)CC1O. The molecule has 0 radical (unpaired) electrons. The summed E-state index contributed by atoms with van der Waals surface area (Å²) in [5.74, 6) is 0.595. The molecule has 0 spiro atoms. The Morgan fingerprint density at radius 1 is 1.52 bits per heavy atom. The first-order valence-corrected chi connectivity index (χ1v) is 8.56. The van der Waals surface area contributed by atoms with Crippen LogP contribution in [0.15, 0.2) is 36.0 Å². The molecule has 1 aliphatic heterocycles. The molecular formula is C17H20N2O3S. The van der Waals surface area contributed by atoms with Gasteiger partial charge in [0, 0.05) is 30.1 Å². The lowest BCUT2D eigenvalue weighted by atomic mass is 9.90. The monoisotopic (exact) mass is 332 g/mol. The van der Waals surface area contributed by atoms with E-state index in [1.165, 1.54) is 10.4 Å². The summed E-state index contributed by atoms with van der Waals surface area (Å²) in [6.45, 7) is 3.05. The summed E-state index contributed by atoms with van der Waals surface area (Å²) in [5, 5.41) is 12.5. The Balaban J connectivity index is 1.55. The molecule has 23 heavy (non-hydrogen) atoms. The average molecular weight is 332 g/mol. The van der Waals surface area contributed by atoms with Gasteiger partial charge in [-0.15, -0.1) is 11.3 Å². The maximum Gasteiger partial charge on any atom is 0.260 e. The van der Waals surface area contributed by atoms with Crippen LogP contribution >= 0.6 is 11.3 Å². The number of aromatic nitrogens is 1. The fraction of sp³-hybridized carbons (Fsp3) is 0.412. The molecule has 1 N–H and O–H groups in total. The molecule has 2 aromatic heterocycles. The van der Waals surface area contributed by atoms with Crippen molar-refractivity contribution in [1.82, 2.24) is 9.88 Å². The van der Waals surface area contributed by atoms with E-state index >= 15 is 0 Å². The highest BCUT2D eigenvalue weighted by Gasteiger charge is 2.32. The standard InChI is InChI=1S/C17H20N2O3S/c1-12-5-8-23-17(12)14-4-7-19(10-15(14)20)16(21)11-22-13-3-2-6-18-9-13/h2-3,5-6,8-9,14-15,20H,4,7,10-11H2,1H3. The zero-order valence-electron chi connectivity index (χ0n) is 13.0. The maximum atomic E-state index is 12.2. The molecule has 1 saturated heterocycles. The lowest BCUT2D eigenvalue weighted by Crippen LogP contribution is -2.47. The molecule has 1 fully saturated rings. The average Bonchev–Trinajstić information content (AvgIpc) is 2.99. The zero-order chi connectivity index (χ0) is 16.2. The second-order valence-electron chi connectivity index (χ2n) is 5.75. The summed E-state index contributed by atoms with van der Waals surface area (Å²) in [6, 6.07) is 5.60. The number of hydrogen-bond acceptors (Lipinski definition) is 5. The second kappa shape index (κ2) is 7.10. The predicted octanol–water partition coefficient (Wildman–Crippen LogP) is 2.21. The molecule has 1 amide bonds. The number of aryl methyl sites for hydroxylation is 1. The lowest BCUT2D eigenvalue weighted by Gasteiger charge is -2.35. The Kier molecular flexibility index (Phi) is 4.93. The first-order chi connectivity index (χ1) is 11.1. The molecule has 2 unspecified atom stereocenters. The van der Waals surface area contributed by atoms with E-state index < -0.39 is 6.10 Å². The quantitative estimate of drug-likeness (QED) is 0.932. The highest BCUT2D eigenvalue weighted by Crippen LogP contribution is 2.34. The number of nitrogens with zero attached hydrogens (tertiary/aromatic N) is 2. The van der Waals surface area contributed by atoms with Gasteiger partial charge in [0.15, 0.2) is 6.61 Å². The molecule has 0 saturated carbocycles. The van der Waals surface area contributed by atoms with Crippen molar-refractivity contribution in [3.63, 3.8) is 0 Å². The zero-order valence-corrected chi connectivity index (χ0v) is 13.8. The van der Waals surface area contributed by atoms with Crippen LogP contribution in [0.25, 0.3) is 0 Å². The first kappa shape index (κ1) is 16.0. The van der Waals surface area contributed by atoms with Gasteiger partial charge in [-0.3, -0.25) is 9.78 Å². The summed E-state index contributed by atoms with van der Waals surface area (Å²) in [4.78, 5) is 19.1. The van der Waals surface area contributed by atoms with E-state index in [9.17, 15) is 9.90 Å². The smallest absolute Gasteiger partial charge is 0.260 e. The molecule has 0 aliphatic carbocycles. The number of carbonyl (C=O) groups is 1. The van der Waals surface area contributed by atoms with Gasteiger partial charge in [-0.2, -0.15) is 0 Å². The summed E-state index contributed by atoms with van der Waals surface area (Å²) < 4.78 is 5.44. The number of ether oxygens (including phenoxy) is 1. The minimum absolute atomic E-state index is 0.0267. The van der Waals surface area contributed by atoms with Crippen molar-refractivity contribution in [3.8, 4) is 5.75 Å². The molecule has 2 aromatic rings. The third-order valence-corrected chi connectivity index (χ3v) is 5.32. The lowest BCUT2D eigenvalue weighted by molar-refractivity contribution is -0.136. The molecular weight excluding hydrogens is 312 g/mol. The predicted molar refractivity (Wildman–Crippen MR) is 88.7 cm³/mol. The number of aliphatic hydroxyl groups is 1. The first-order valence-electron chi connectivity index (χ1n) is 7.68. The van der Waals surface area contributed by atoms with Crippen LogP contribution in [0.2, 0.25) is 0 Å². The van der Waals surface area contributed by atoms with Crippen LogP contribution in [-0.2, 0) is 4.79 Å². The molecule has 3 heterocycles. The Labute approximate surface area is 139 Å². The minimum atomic E-state index is -0.525. The van der Waals surface area contributed by atoms with Gasteiger partial charge in [0.1, 0.15) is 5.75 Å². The third-order valence-electron chi connectivity index (χ3n) is 4.17. The highest BCUT2D eigenvalue weighted by molar-refractivity contribution is 7.10. The number of aliphatic hydroxyl groups excluding tert-OH is 1. The summed E-state index contributed by atoms with van der Waals surface area (Å²) >= 11 is 1.68. The number of amides is 1. The topological polar surface area (TPSA) is 62.7 Å². The van der Waals surface area contributed by atoms with Crippen LogP contribution in [0.1, 0.15) is 22.8 Å². The molecule has 6 heteroatoms. The molecule has 0 bridgehead atoms. The Morgan fingerprint density at radius 2 is 2.39 bits per heavy atom. The number of carbonyl (C=O) groups excluding carboxylic acids is 1. The van der Waals surface area contributed by atoms with E-state index in [0.29, 0.717) is 18.8 Å². The Bertz CT molecular complexity index is 659. The van der Waals surface area contributed by atoms with E-state index in [1.54, 1.807) is 40.8 Å². The van der Waals surface area contributed by atoms with Gasteiger partial charge in [-0.05, 0) is 42.5 Å². The molecule has 0 aromatic carbocycles. The van der Waals surface area contributed by atoms with E-state index in [4.69, 9.17) is 4.74 Å². The molecule has 1 aliphatic rings. The van der Waals surface area contributed by atoms with Crippen LogP contribution < -0.4 is 4.74 Å². The number of rotatable bonds is 4. The number of piperidine rings is 1. The van der Waals surface area contributed by atoms with Crippen molar-refractivity contribution in [2.45, 2.75) is 25.4 Å². The largest absolute Gasteiger partial charge is 0.482 e. The second-order valence-corrected chi connectivity index (χ2v) is 6.70. The van der Waals surface area contributed by atoms with Gasteiger partial charge in [0.05, 0.1) is 12.3 Å². The van der Waals surface area contributed by atoms with Gasteiger partial charge < -0.3 is 14.7 Å². The molecule has 2 atom stereocenters. The number of likely N-dealkylation sites (tertiary alicyclic amines) is 1. The van der Waals surface area contributed by atoms with Gasteiger partial charge in [-0.1, -0.05) is 0 Å². The Morgan fingerprint density at radius 3 is 3.04 bits per heavy atom. The van der Waals surface area contributed by atoms with Crippen molar-refractivity contribution in [1.29, 1.82) is 0 Å². The van der Waals surface area contributed by atoms with Gasteiger partial charge >= 0.3 is 0 Å². The van der Waals surface area contributed by atoms with Crippen LogP contribution in [-0.4, -0.2) is 46.7 Å². The van der Waals surface area contributed by atoms with E-state index in [2.05, 4.69) is 23.4 Å². The fourth-order valence-corrected chi connectivity index (χ4v) is 4.02. The number of thiophene rings is 1. The van der Waals surface area contributed by atoms with Crippen LogP contribution in [0.4, 0.5) is 0 Å². The van der Waals surface area contributed by atoms with Crippen molar-refractivity contribution < 1.29 is 14.6 Å². The van der Waals surface area contributed by atoms with E-state index in [-0.39, 0.29) is 18.4 Å². The van der Waals surface area contributed by atoms with Crippen LogP contribution in [0.3, 0.4) is 0 Å². The molecule has 3 rings (SSSR count). The summed E-state index contributed by atoms with van der Waals surface area (Å²) in [6.07, 6.45) is 3.49. The van der Waals surface area contributed by atoms with E-state index in [0.717, 1.165) is 6.42 Å². The van der Waals surface area contributed by atoms with Gasteiger partial charge in [0.2, 0.25) is 0 Å². The van der Waals surface area contributed by atoms with Crippen molar-refractivity contribution in [3.05, 3.63) is 46.4 Å². The van der Waals surface area contributed by atoms with Crippen LogP contribution in [0, 0.1) is 6.92 Å². The number of β-amino-alcohol motifs (C(OH)–C–C–N with tert-alkyl or cyclic N) is 1. The summed E-state index contributed by atoms with van der Waals surface area (Å²) in [5.41, 5.74) is 1.22. The fourth-order valence-electron chi connectivity index (χ4n) is 2.90. The van der Waals surface area contributed by atoms with Crippen molar-refractivity contribution >= 4 is 17.2 Å². The van der Waals surface area contributed by atoms with Gasteiger partial charge in [0.25, 0.3) is 5.91 Å². The van der Waals surface area contributed by atoms with Crippen molar-refractivity contribution in [2.75, 3.05) is 19.7 Å². The summed E-state index contributed by atoms with van der Waals surface area (Å²) in [7, 11) is 0. The van der Waals surface area contributed by atoms with Crippen molar-refractivity contribution in [2.24, 2.45) is 0 Å². The third kappa shape index (κ3) is 3.71. The number of pyridine rings is 1. The normalized spacial score (nSPS) is 21.2. The number of hydrogen-bond donors (Lipinski definition) is 1. The minimum Gasteiger partial charge on any atom is -0.482 e. The molecule has 5 nitrogen and oxygen atoms in total. The van der Waals surface area contributed by atoms with E-state index in [1.807, 2.05) is 0 Å². The Hall–Kier alpha value is -1.92. The maximum absolute atomic E-state index is 12.2. The molecule has 122 valence electrons. The van der Waals surface area contributed by atoms with Crippen LogP contribution in [0.5, 0.6) is 5.75 Å².